The van der Waals surface area contributed by atoms with E-state index >= 15 is 0 Å². The maximum atomic E-state index is 13.8. The molecule has 3 aromatic carbocycles. The van der Waals surface area contributed by atoms with Gasteiger partial charge in [-0.05, 0) is 54.4 Å². The molecule has 4 rings (SSSR count). The molecule has 1 aromatic heterocycles. The molecule has 0 radical (unpaired) electrons. The summed E-state index contributed by atoms with van der Waals surface area (Å²) >= 11 is 12.2. The van der Waals surface area contributed by atoms with Crippen molar-refractivity contribution >= 4 is 29.2 Å². The minimum Gasteiger partial charge on any atom is -0.476 e. The highest BCUT2D eigenvalue weighted by Crippen LogP contribution is 2.39. The Morgan fingerprint density at radius 2 is 1.77 bits per heavy atom. The Bertz CT molecular complexity index is 1280. The molecule has 0 unspecified atom stereocenters. The lowest BCUT2D eigenvalue weighted by Crippen LogP contribution is -2.02. The Labute approximate surface area is 182 Å². The number of aromatic carboxylic acids is 1. The first-order valence-electron chi connectivity index (χ1n) is 9.00. The first-order valence-corrected chi connectivity index (χ1v) is 9.75. The van der Waals surface area contributed by atoms with Gasteiger partial charge in [0, 0.05) is 16.1 Å². The highest BCUT2D eigenvalue weighted by atomic mass is 35.5. The summed E-state index contributed by atoms with van der Waals surface area (Å²) in [6, 6.07) is 18.7. The maximum Gasteiger partial charge on any atom is 0.357 e. The number of carbonyl (C=O) groups is 1. The second-order valence-electron chi connectivity index (χ2n) is 6.77. The third-order valence-electron chi connectivity index (χ3n) is 4.64. The fourth-order valence-electron chi connectivity index (χ4n) is 3.34. The van der Waals surface area contributed by atoms with Crippen LogP contribution in [0.25, 0.3) is 28.1 Å². The van der Waals surface area contributed by atoms with Gasteiger partial charge in [-0.15, -0.1) is 0 Å². The van der Waals surface area contributed by atoms with E-state index in [1.54, 1.807) is 22.9 Å². The minimum absolute atomic E-state index is 0.107. The van der Waals surface area contributed by atoms with Crippen LogP contribution in [-0.2, 0) is 0 Å². The van der Waals surface area contributed by atoms with E-state index in [1.807, 2.05) is 37.3 Å². The molecule has 30 heavy (non-hydrogen) atoms. The van der Waals surface area contributed by atoms with Crippen LogP contribution >= 0.6 is 23.2 Å². The zero-order valence-corrected chi connectivity index (χ0v) is 17.2. The molecule has 7 heteroatoms. The molecule has 0 saturated heterocycles. The van der Waals surface area contributed by atoms with Crippen molar-refractivity contribution in [3.05, 3.63) is 93.8 Å². The summed E-state index contributed by atoms with van der Waals surface area (Å²) in [5.41, 5.74) is 3.45. The predicted molar refractivity (Wildman–Crippen MR) is 116 cm³/mol. The number of aromatic nitrogens is 2. The topological polar surface area (TPSA) is 55.1 Å². The van der Waals surface area contributed by atoms with E-state index in [4.69, 9.17) is 23.2 Å². The zero-order chi connectivity index (χ0) is 21.4. The number of hydrogen-bond donors (Lipinski definition) is 1. The number of rotatable bonds is 4. The molecule has 0 aliphatic heterocycles. The van der Waals surface area contributed by atoms with Crippen LogP contribution in [0.15, 0.2) is 66.7 Å². The second-order valence-corrected chi connectivity index (χ2v) is 7.61. The van der Waals surface area contributed by atoms with Gasteiger partial charge in [0.05, 0.1) is 16.4 Å². The molecule has 0 atom stereocenters. The number of benzene rings is 3. The summed E-state index contributed by atoms with van der Waals surface area (Å²) in [6.45, 7) is 1.94. The van der Waals surface area contributed by atoms with Crippen LogP contribution in [0.3, 0.4) is 0 Å². The van der Waals surface area contributed by atoms with E-state index in [0.717, 1.165) is 5.56 Å². The summed E-state index contributed by atoms with van der Waals surface area (Å²) in [7, 11) is 0. The molecular weight excluding hydrogens is 426 g/mol. The summed E-state index contributed by atoms with van der Waals surface area (Å²) in [5.74, 6) is -1.80. The molecular formula is C23H15Cl2FN2O2. The van der Waals surface area contributed by atoms with Crippen molar-refractivity contribution in [3.8, 4) is 28.1 Å². The van der Waals surface area contributed by atoms with Crippen molar-refractivity contribution in [1.29, 1.82) is 0 Å². The van der Waals surface area contributed by atoms with Gasteiger partial charge in [0.1, 0.15) is 5.82 Å². The van der Waals surface area contributed by atoms with E-state index < -0.39 is 11.8 Å². The van der Waals surface area contributed by atoms with Crippen LogP contribution in [0, 0.1) is 12.7 Å². The van der Waals surface area contributed by atoms with Crippen molar-refractivity contribution in [2.75, 3.05) is 0 Å². The zero-order valence-electron chi connectivity index (χ0n) is 15.7. The molecule has 0 fully saturated rings. The molecule has 0 aliphatic carbocycles. The standard InChI is InChI=1S/C23H15Cl2FN2O2/c1-13-4-2-7-17(10-13)28-22(15-5-3-6-16(24)11-15)20(21(27-28)23(29)30)14-8-9-19(26)18(25)12-14/h2-12H,1H3,(H,29,30). The highest BCUT2D eigenvalue weighted by Gasteiger charge is 2.26. The molecule has 150 valence electrons. The minimum atomic E-state index is -1.21. The van der Waals surface area contributed by atoms with Gasteiger partial charge in [0.25, 0.3) is 0 Å². The fraction of sp³-hybridized carbons (Fsp3) is 0.0435. The monoisotopic (exact) mass is 440 g/mol. The second kappa shape index (κ2) is 7.94. The van der Waals surface area contributed by atoms with E-state index in [2.05, 4.69) is 5.10 Å². The number of carboxylic acid groups (broad SMARTS) is 1. The van der Waals surface area contributed by atoms with Gasteiger partial charge in [0.15, 0.2) is 5.69 Å². The molecule has 0 saturated carbocycles. The van der Waals surface area contributed by atoms with E-state index in [-0.39, 0.29) is 10.7 Å². The van der Waals surface area contributed by atoms with E-state index in [9.17, 15) is 14.3 Å². The fourth-order valence-corrected chi connectivity index (χ4v) is 3.71. The van der Waals surface area contributed by atoms with Crippen LogP contribution in [0.4, 0.5) is 4.39 Å². The average molecular weight is 441 g/mol. The van der Waals surface area contributed by atoms with Crippen molar-refractivity contribution in [2.45, 2.75) is 6.92 Å². The van der Waals surface area contributed by atoms with Crippen molar-refractivity contribution in [2.24, 2.45) is 0 Å². The van der Waals surface area contributed by atoms with Crippen LogP contribution < -0.4 is 0 Å². The number of halogens is 3. The highest BCUT2D eigenvalue weighted by molar-refractivity contribution is 6.31. The third-order valence-corrected chi connectivity index (χ3v) is 5.17. The summed E-state index contributed by atoms with van der Waals surface area (Å²) in [4.78, 5) is 12.1. The number of nitrogens with zero attached hydrogens (tertiary/aromatic N) is 2. The van der Waals surface area contributed by atoms with Gasteiger partial charge in [0.2, 0.25) is 0 Å². The SMILES string of the molecule is Cc1cccc(-n2nc(C(=O)O)c(-c3ccc(F)c(Cl)c3)c2-c2cccc(Cl)c2)c1. The van der Waals surface area contributed by atoms with Crippen LogP contribution in [-0.4, -0.2) is 20.9 Å². The molecule has 1 heterocycles. The summed E-state index contributed by atoms with van der Waals surface area (Å²) in [5, 5.41) is 14.7. The first kappa shape index (κ1) is 20.1. The van der Waals surface area contributed by atoms with Crippen molar-refractivity contribution in [3.63, 3.8) is 0 Å². The molecule has 0 amide bonds. The van der Waals surface area contributed by atoms with Crippen molar-refractivity contribution in [1.82, 2.24) is 9.78 Å². The molecule has 0 bridgehead atoms. The largest absolute Gasteiger partial charge is 0.476 e. The van der Waals surface area contributed by atoms with Gasteiger partial charge < -0.3 is 5.11 Å². The lowest BCUT2D eigenvalue weighted by atomic mass is 9.98. The predicted octanol–water partition coefficient (Wildman–Crippen LogP) is 6.66. The van der Waals surface area contributed by atoms with E-state index in [1.165, 1.54) is 18.2 Å². The third kappa shape index (κ3) is 3.70. The van der Waals surface area contributed by atoms with Gasteiger partial charge in [-0.1, -0.05) is 53.5 Å². The quantitative estimate of drug-likeness (QED) is 0.385. The number of aryl methyl sites for hydroxylation is 1. The van der Waals surface area contributed by atoms with Gasteiger partial charge in [-0.2, -0.15) is 5.10 Å². The number of hydrogen-bond acceptors (Lipinski definition) is 2. The Hall–Kier alpha value is -3.15. The lowest BCUT2D eigenvalue weighted by Gasteiger charge is -2.12. The average Bonchev–Trinajstić information content (AvgIpc) is 3.11. The summed E-state index contributed by atoms with van der Waals surface area (Å²) in [6.07, 6.45) is 0. The smallest absolute Gasteiger partial charge is 0.357 e. The number of carboxylic acids is 1. The molecule has 0 spiro atoms. The van der Waals surface area contributed by atoms with Crippen molar-refractivity contribution < 1.29 is 14.3 Å². The maximum absolute atomic E-state index is 13.8. The van der Waals surface area contributed by atoms with Gasteiger partial charge >= 0.3 is 5.97 Å². The molecule has 4 aromatic rings. The lowest BCUT2D eigenvalue weighted by molar-refractivity contribution is 0.0691. The first-order chi connectivity index (χ1) is 14.3. The van der Waals surface area contributed by atoms with Crippen LogP contribution in [0.5, 0.6) is 0 Å². The Balaban J connectivity index is 2.12. The van der Waals surface area contributed by atoms with Gasteiger partial charge in [-0.3, -0.25) is 0 Å². The van der Waals surface area contributed by atoms with Gasteiger partial charge in [-0.25, -0.2) is 13.9 Å². The van der Waals surface area contributed by atoms with Crippen LogP contribution in [0.1, 0.15) is 16.1 Å². The normalized spacial score (nSPS) is 10.9. The summed E-state index contributed by atoms with van der Waals surface area (Å²) < 4.78 is 15.3. The Morgan fingerprint density at radius 3 is 2.43 bits per heavy atom. The Morgan fingerprint density at radius 1 is 1.00 bits per heavy atom. The van der Waals surface area contributed by atoms with Crippen LogP contribution in [0.2, 0.25) is 10.0 Å². The molecule has 0 aliphatic rings. The molecule has 4 nitrogen and oxygen atoms in total. The molecule has 1 N–H and O–H groups in total. The Kier molecular flexibility index (Phi) is 5.33. The van der Waals surface area contributed by atoms with E-state index in [0.29, 0.717) is 33.1 Å².